The van der Waals surface area contributed by atoms with Gasteiger partial charge in [-0.25, -0.2) is 0 Å². The lowest BCUT2D eigenvalue weighted by atomic mass is 10.1. The van der Waals surface area contributed by atoms with Gasteiger partial charge in [0, 0.05) is 17.8 Å². The number of hydrogen-bond donors (Lipinski definition) is 3. The molecule has 1 aromatic carbocycles. The van der Waals surface area contributed by atoms with Crippen LogP contribution in [-0.2, 0) is 17.8 Å². The number of amides is 1. The lowest BCUT2D eigenvalue weighted by Gasteiger charge is -2.12. The molecule has 0 spiro atoms. The first-order valence-corrected chi connectivity index (χ1v) is 6.23. The SMILES string of the molecule is Cc1[nH]ncc1CNC(=O)[C@H](N)Cc1ccccc1. The third-order valence-electron chi connectivity index (χ3n) is 3.02. The minimum Gasteiger partial charge on any atom is -0.351 e. The highest BCUT2D eigenvalue weighted by molar-refractivity contribution is 5.81. The average molecular weight is 258 g/mol. The number of aromatic amines is 1. The van der Waals surface area contributed by atoms with Gasteiger partial charge in [-0.15, -0.1) is 0 Å². The van der Waals surface area contributed by atoms with E-state index in [1.165, 1.54) is 0 Å². The van der Waals surface area contributed by atoms with Crippen LogP contribution in [0.5, 0.6) is 0 Å². The average Bonchev–Trinajstić information content (AvgIpc) is 2.82. The number of aryl methyl sites for hydroxylation is 1. The Morgan fingerprint density at radius 3 is 2.79 bits per heavy atom. The molecule has 1 aromatic heterocycles. The third-order valence-corrected chi connectivity index (χ3v) is 3.02. The third kappa shape index (κ3) is 3.66. The van der Waals surface area contributed by atoms with Crippen molar-refractivity contribution in [3.63, 3.8) is 0 Å². The Kier molecular flexibility index (Phi) is 4.30. The molecule has 100 valence electrons. The molecular weight excluding hydrogens is 240 g/mol. The first-order valence-electron chi connectivity index (χ1n) is 6.23. The summed E-state index contributed by atoms with van der Waals surface area (Å²) in [7, 11) is 0. The molecule has 0 aliphatic rings. The predicted molar refractivity (Wildman–Crippen MR) is 73.3 cm³/mol. The van der Waals surface area contributed by atoms with Gasteiger partial charge in [-0.3, -0.25) is 9.89 Å². The topological polar surface area (TPSA) is 83.8 Å². The molecule has 0 aliphatic heterocycles. The summed E-state index contributed by atoms with van der Waals surface area (Å²) < 4.78 is 0. The first-order chi connectivity index (χ1) is 9.16. The summed E-state index contributed by atoms with van der Waals surface area (Å²) in [5.74, 6) is -0.149. The zero-order chi connectivity index (χ0) is 13.7. The second kappa shape index (κ2) is 6.15. The van der Waals surface area contributed by atoms with Gasteiger partial charge in [-0.2, -0.15) is 5.10 Å². The molecule has 19 heavy (non-hydrogen) atoms. The molecular formula is C14H18N4O. The Morgan fingerprint density at radius 1 is 1.42 bits per heavy atom. The Morgan fingerprint density at radius 2 is 2.16 bits per heavy atom. The maximum Gasteiger partial charge on any atom is 0.237 e. The molecule has 5 nitrogen and oxygen atoms in total. The summed E-state index contributed by atoms with van der Waals surface area (Å²) in [4.78, 5) is 11.9. The van der Waals surface area contributed by atoms with Crippen molar-refractivity contribution in [2.45, 2.75) is 25.9 Å². The number of carbonyl (C=O) groups excluding carboxylic acids is 1. The van der Waals surface area contributed by atoms with E-state index in [0.29, 0.717) is 13.0 Å². The van der Waals surface area contributed by atoms with Crippen molar-refractivity contribution >= 4 is 5.91 Å². The number of nitrogens with two attached hydrogens (primary N) is 1. The summed E-state index contributed by atoms with van der Waals surface area (Å²) in [5.41, 5.74) is 8.88. The van der Waals surface area contributed by atoms with E-state index in [1.54, 1.807) is 6.20 Å². The van der Waals surface area contributed by atoms with E-state index in [1.807, 2.05) is 37.3 Å². The van der Waals surface area contributed by atoms with Gasteiger partial charge in [-0.1, -0.05) is 30.3 Å². The summed E-state index contributed by atoms with van der Waals surface area (Å²) in [6.07, 6.45) is 2.25. The minimum atomic E-state index is -0.533. The molecule has 2 rings (SSSR count). The number of H-pyrrole nitrogens is 1. The van der Waals surface area contributed by atoms with E-state index in [0.717, 1.165) is 16.8 Å². The molecule has 0 aliphatic carbocycles. The van der Waals surface area contributed by atoms with Crippen LogP contribution in [0.25, 0.3) is 0 Å². The fourth-order valence-corrected chi connectivity index (χ4v) is 1.83. The van der Waals surface area contributed by atoms with E-state index >= 15 is 0 Å². The number of benzene rings is 1. The van der Waals surface area contributed by atoms with Crippen molar-refractivity contribution in [1.82, 2.24) is 15.5 Å². The quantitative estimate of drug-likeness (QED) is 0.745. The number of nitrogens with one attached hydrogen (secondary N) is 2. The van der Waals surface area contributed by atoms with Gasteiger partial charge >= 0.3 is 0 Å². The van der Waals surface area contributed by atoms with E-state index < -0.39 is 6.04 Å². The van der Waals surface area contributed by atoms with Crippen LogP contribution in [-0.4, -0.2) is 22.1 Å². The van der Waals surface area contributed by atoms with Crippen LogP contribution in [0.4, 0.5) is 0 Å². The largest absolute Gasteiger partial charge is 0.351 e. The van der Waals surface area contributed by atoms with Gasteiger partial charge < -0.3 is 11.1 Å². The van der Waals surface area contributed by atoms with Crippen LogP contribution in [0, 0.1) is 6.92 Å². The van der Waals surface area contributed by atoms with Gasteiger partial charge in [0.15, 0.2) is 0 Å². The zero-order valence-electron chi connectivity index (χ0n) is 10.9. The van der Waals surface area contributed by atoms with Crippen molar-refractivity contribution in [2.75, 3.05) is 0 Å². The van der Waals surface area contributed by atoms with E-state index in [2.05, 4.69) is 15.5 Å². The van der Waals surface area contributed by atoms with Crippen LogP contribution in [0.1, 0.15) is 16.8 Å². The number of hydrogen-bond acceptors (Lipinski definition) is 3. The van der Waals surface area contributed by atoms with Crippen LogP contribution in [0.3, 0.4) is 0 Å². The molecule has 1 atom stereocenters. The molecule has 0 saturated heterocycles. The summed E-state index contributed by atoms with van der Waals surface area (Å²) >= 11 is 0. The fourth-order valence-electron chi connectivity index (χ4n) is 1.83. The normalized spacial score (nSPS) is 12.1. The van der Waals surface area contributed by atoms with Crippen LogP contribution < -0.4 is 11.1 Å². The second-order valence-corrected chi connectivity index (χ2v) is 4.53. The van der Waals surface area contributed by atoms with Gasteiger partial charge in [0.25, 0.3) is 0 Å². The molecule has 0 fully saturated rings. The van der Waals surface area contributed by atoms with Gasteiger partial charge in [0.2, 0.25) is 5.91 Å². The van der Waals surface area contributed by atoms with Crippen LogP contribution >= 0.6 is 0 Å². The highest BCUT2D eigenvalue weighted by Crippen LogP contribution is 2.04. The van der Waals surface area contributed by atoms with Crippen molar-refractivity contribution in [2.24, 2.45) is 5.73 Å². The molecule has 0 unspecified atom stereocenters. The molecule has 1 heterocycles. The zero-order valence-corrected chi connectivity index (χ0v) is 10.9. The lowest BCUT2D eigenvalue weighted by molar-refractivity contribution is -0.122. The van der Waals surface area contributed by atoms with E-state index in [4.69, 9.17) is 5.73 Å². The second-order valence-electron chi connectivity index (χ2n) is 4.53. The van der Waals surface area contributed by atoms with Gasteiger partial charge in [0.1, 0.15) is 0 Å². The molecule has 4 N–H and O–H groups in total. The van der Waals surface area contributed by atoms with Gasteiger partial charge in [-0.05, 0) is 18.9 Å². The van der Waals surface area contributed by atoms with E-state index in [9.17, 15) is 4.79 Å². The number of carbonyl (C=O) groups is 1. The van der Waals surface area contributed by atoms with Gasteiger partial charge in [0.05, 0.1) is 12.2 Å². The van der Waals surface area contributed by atoms with Crippen LogP contribution in [0.15, 0.2) is 36.5 Å². The van der Waals surface area contributed by atoms with Crippen molar-refractivity contribution in [3.8, 4) is 0 Å². The van der Waals surface area contributed by atoms with Crippen LogP contribution in [0.2, 0.25) is 0 Å². The molecule has 0 bridgehead atoms. The summed E-state index contributed by atoms with van der Waals surface area (Å²) in [5, 5.41) is 9.56. The molecule has 1 amide bonds. The van der Waals surface area contributed by atoms with Crippen molar-refractivity contribution in [3.05, 3.63) is 53.3 Å². The number of nitrogens with zero attached hydrogens (tertiary/aromatic N) is 1. The first kappa shape index (κ1) is 13.3. The molecule has 0 radical (unpaired) electrons. The Labute approximate surface area is 112 Å². The smallest absolute Gasteiger partial charge is 0.237 e. The van der Waals surface area contributed by atoms with E-state index in [-0.39, 0.29) is 5.91 Å². The monoisotopic (exact) mass is 258 g/mol. The van der Waals surface area contributed by atoms with Crippen molar-refractivity contribution < 1.29 is 4.79 Å². The lowest BCUT2D eigenvalue weighted by Crippen LogP contribution is -2.41. The Bertz CT molecular complexity index is 535. The minimum absolute atomic E-state index is 0.149. The molecule has 2 aromatic rings. The number of aromatic nitrogens is 2. The summed E-state index contributed by atoms with van der Waals surface area (Å²) in [6.45, 7) is 2.36. The highest BCUT2D eigenvalue weighted by atomic mass is 16.2. The standard InChI is InChI=1S/C14H18N4O/c1-10-12(9-17-18-10)8-16-14(19)13(15)7-11-5-3-2-4-6-11/h2-6,9,13H,7-8,15H2,1H3,(H,16,19)(H,17,18)/t13-/m1/s1. The molecule has 5 heteroatoms. The maximum absolute atomic E-state index is 11.9. The van der Waals surface area contributed by atoms with Crippen molar-refractivity contribution in [1.29, 1.82) is 0 Å². The number of rotatable bonds is 5. The Hall–Kier alpha value is -2.14. The predicted octanol–water partition coefficient (Wildman–Crippen LogP) is 0.904. The molecule has 0 saturated carbocycles. The summed E-state index contributed by atoms with van der Waals surface area (Å²) in [6, 6.07) is 9.22. The maximum atomic E-state index is 11.9. The Balaban J connectivity index is 1.84. The fraction of sp³-hybridized carbons (Fsp3) is 0.286. The highest BCUT2D eigenvalue weighted by Gasteiger charge is 2.14.